The van der Waals surface area contributed by atoms with Gasteiger partial charge in [-0.3, -0.25) is 4.79 Å². The number of rotatable bonds is 6. The molecule has 1 N–H and O–H groups in total. The van der Waals surface area contributed by atoms with Crippen molar-refractivity contribution >= 4 is 29.1 Å². The van der Waals surface area contributed by atoms with Crippen molar-refractivity contribution in [3.05, 3.63) is 77.2 Å². The highest BCUT2D eigenvalue weighted by Crippen LogP contribution is 2.33. The SMILES string of the molecule is CCCc1c(C)nc2ncnn2c1Sc1ccc(NC(=O)c2ccc(C(C)(C)C)cc2)cc1. The predicted molar refractivity (Wildman–Crippen MR) is 133 cm³/mol. The molecule has 4 rings (SSSR count). The van der Waals surface area contributed by atoms with Crippen LogP contribution in [0.1, 0.15) is 61.3 Å². The molecular formula is C26H29N5OS. The smallest absolute Gasteiger partial charge is 0.255 e. The lowest BCUT2D eigenvalue weighted by Gasteiger charge is -2.19. The first-order valence-electron chi connectivity index (χ1n) is 11.2. The first-order valence-corrected chi connectivity index (χ1v) is 12.0. The summed E-state index contributed by atoms with van der Waals surface area (Å²) in [6.07, 6.45) is 3.49. The van der Waals surface area contributed by atoms with E-state index in [-0.39, 0.29) is 11.3 Å². The van der Waals surface area contributed by atoms with Crippen LogP contribution in [0.4, 0.5) is 5.69 Å². The zero-order valence-electron chi connectivity index (χ0n) is 19.7. The molecule has 2 heterocycles. The van der Waals surface area contributed by atoms with Gasteiger partial charge in [-0.05, 0) is 60.7 Å². The van der Waals surface area contributed by atoms with Crippen molar-refractivity contribution in [2.24, 2.45) is 0 Å². The summed E-state index contributed by atoms with van der Waals surface area (Å²) >= 11 is 1.64. The predicted octanol–water partition coefficient (Wildman–Crippen LogP) is 6.09. The zero-order chi connectivity index (χ0) is 23.6. The van der Waals surface area contributed by atoms with Gasteiger partial charge in [0.2, 0.25) is 0 Å². The summed E-state index contributed by atoms with van der Waals surface area (Å²) < 4.78 is 1.81. The fraction of sp³-hybridized carbons (Fsp3) is 0.308. The molecule has 0 aliphatic heterocycles. The number of hydrogen-bond acceptors (Lipinski definition) is 5. The molecule has 0 bridgehead atoms. The molecule has 4 aromatic rings. The van der Waals surface area contributed by atoms with E-state index in [0.29, 0.717) is 11.3 Å². The summed E-state index contributed by atoms with van der Waals surface area (Å²) in [6.45, 7) is 10.7. The largest absolute Gasteiger partial charge is 0.322 e. The maximum absolute atomic E-state index is 12.7. The van der Waals surface area contributed by atoms with Crippen LogP contribution >= 0.6 is 11.8 Å². The number of carbonyl (C=O) groups is 1. The minimum Gasteiger partial charge on any atom is -0.322 e. The lowest BCUT2D eigenvalue weighted by Crippen LogP contribution is -2.14. The van der Waals surface area contributed by atoms with Gasteiger partial charge in [0.1, 0.15) is 11.4 Å². The fourth-order valence-corrected chi connectivity index (χ4v) is 4.72. The average Bonchev–Trinajstić information content (AvgIpc) is 3.25. The molecule has 0 unspecified atom stereocenters. The van der Waals surface area contributed by atoms with E-state index in [9.17, 15) is 4.79 Å². The summed E-state index contributed by atoms with van der Waals surface area (Å²) in [5, 5.41) is 8.40. The van der Waals surface area contributed by atoms with Gasteiger partial charge in [0.15, 0.2) is 0 Å². The third kappa shape index (κ3) is 5.09. The molecule has 2 aromatic heterocycles. The molecule has 33 heavy (non-hydrogen) atoms. The minimum atomic E-state index is -0.116. The molecule has 0 radical (unpaired) electrons. The number of carbonyl (C=O) groups excluding carboxylic acids is 1. The van der Waals surface area contributed by atoms with E-state index < -0.39 is 0 Å². The van der Waals surface area contributed by atoms with Crippen molar-refractivity contribution in [2.45, 2.75) is 62.8 Å². The first-order chi connectivity index (χ1) is 15.8. The number of anilines is 1. The Morgan fingerprint density at radius 3 is 2.39 bits per heavy atom. The number of fused-ring (bicyclic) bond motifs is 1. The quantitative estimate of drug-likeness (QED) is 0.353. The molecule has 6 nitrogen and oxygen atoms in total. The van der Waals surface area contributed by atoms with Crippen molar-refractivity contribution in [3.8, 4) is 0 Å². The Bertz CT molecular complexity index is 1270. The molecule has 0 spiro atoms. The number of nitrogens with one attached hydrogen (secondary N) is 1. The van der Waals surface area contributed by atoms with Gasteiger partial charge in [-0.15, -0.1) is 0 Å². The number of benzene rings is 2. The van der Waals surface area contributed by atoms with Crippen LogP contribution in [0.15, 0.2) is 64.8 Å². The number of nitrogens with zero attached hydrogens (tertiary/aromatic N) is 4. The second kappa shape index (κ2) is 9.35. The molecule has 7 heteroatoms. The van der Waals surface area contributed by atoms with Gasteiger partial charge >= 0.3 is 0 Å². The maximum Gasteiger partial charge on any atom is 0.255 e. The van der Waals surface area contributed by atoms with Gasteiger partial charge in [-0.2, -0.15) is 14.6 Å². The first kappa shape index (κ1) is 23.0. The number of aryl methyl sites for hydroxylation is 1. The number of aromatic nitrogens is 4. The second-order valence-electron chi connectivity index (χ2n) is 9.11. The van der Waals surface area contributed by atoms with E-state index in [4.69, 9.17) is 0 Å². The molecule has 0 atom stereocenters. The lowest BCUT2D eigenvalue weighted by molar-refractivity contribution is 0.102. The monoisotopic (exact) mass is 459 g/mol. The van der Waals surface area contributed by atoms with Crippen LogP contribution in [0.5, 0.6) is 0 Å². The molecular weight excluding hydrogens is 430 g/mol. The van der Waals surface area contributed by atoms with Gasteiger partial charge in [0, 0.05) is 27.4 Å². The molecule has 2 aromatic carbocycles. The van der Waals surface area contributed by atoms with Crippen molar-refractivity contribution in [1.82, 2.24) is 19.6 Å². The molecule has 0 aliphatic rings. The Kier molecular flexibility index (Phi) is 6.51. The van der Waals surface area contributed by atoms with Crippen molar-refractivity contribution in [2.75, 3.05) is 5.32 Å². The van der Waals surface area contributed by atoms with E-state index in [1.54, 1.807) is 16.3 Å². The van der Waals surface area contributed by atoms with E-state index in [0.717, 1.165) is 34.1 Å². The second-order valence-corrected chi connectivity index (χ2v) is 10.2. The van der Waals surface area contributed by atoms with E-state index in [2.05, 4.69) is 48.1 Å². The van der Waals surface area contributed by atoms with Crippen molar-refractivity contribution in [1.29, 1.82) is 0 Å². The van der Waals surface area contributed by atoms with Crippen LogP contribution < -0.4 is 5.32 Å². The highest BCUT2D eigenvalue weighted by atomic mass is 32.2. The highest BCUT2D eigenvalue weighted by Gasteiger charge is 2.16. The van der Waals surface area contributed by atoms with Gasteiger partial charge in [0.25, 0.3) is 11.7 Å². The Morgan fingerprint density at radius 2 is 1.76 bits per heavy atom. The third-order valence-electron chi connectivity index (χ3n) is 5.52. The standard InChI is InChI=1S/C26H29N5OS/c1-6-7-22-17(2)29-25-27-16-28-31(25)24(22)33-21-14-12-20(13-15-21)30-23(32)18-8-10-19(11-9-18)26(3,4)5/h8-16H,6-7H2,1-5H3,(H,30,32). The van der Waals surface area contributed by atoms with Crippen LogP contribution in [0.25, 0.3) is 5.78 Å². The minimum absolute atomic E-state index is 0.0602. The molecule has 170 valence electrons. The molecule has 0 aliphatic carbocycles. The van der Waals surface area contributed by atoms with Gasteiger partial charge in [-0.1, -0.05) is 58.0 Å². The molecule has 0 fully saturated rings. The third-order valence-corrected chi connectivity index (χ3v) is 6.65. The lowest BCUT2D eigenvalue weighted by atomic mass is 9.87. The molecule has 1 amide bonds. The van der Waals surface area contributed by atoms with E-state index in [1.807, 2.05) is 55.5 Å². The Morgan fingerprint density at radius 1 is 1.06 bits per heavy atom. The van der Waals surface area contributed by atoms with E-state index in [1.165, 1.54) is 17.5 Å². The molecule has 0 saturated heterocycles. The topological polar surface area (TPSA) is 72.2 Å². The Balaban J connectivity index is 1.51. The van der Waals surface area contributed by atoms with Crippen LogP contribution in [0.2, 0.25) is 0 Å². The number of amides is 1. The number of hydrogen-bond donors (Lipinski definition) is 1. The molecule has 0 saturated carbocycles. The summed E-state index contributed by atoms with van der Waals surface area (Å²) in [4.78, 5) is 22.6. The summed E-state index contributed by atoms with van der Waals surface area (Å²) in [7, 11) is 0. The summed E-state index contributed by atoms with van der Waals surface area (Å²) in [5.74, 6) is 0.492. The fourth-order valence-electron chi connectivity index (χ4n) is 3.64. The average molecular weight is 460 g/mol. The van der Waals surface area contributed by atoms with Gasteiger partial charge in [-0.25, -0.2) is 4.98 Å². The Hall–Kier alpha value is -3.19. The summed E-state index contributed by atoms with van der Waals surface area (Å²) in [6, 6.07) is 15.7. The van der Waals surface area contributed by atoms with Crippen molar-refractivity contribution < 1.29 is 4.79 Å². The van der Waals surface area contributed by atoms with Crippen molar-refractivity contribution in [3.63, 3.8) is 0 Å². The van der Waals surface area contributed by atoms with Gasteiger partial charge < -0.3 is 5.32 Å². The van der Waals surface area contributed by atoms with Crippen LogP contribution in [0, 0.1) is 6.92 Å². The zero-order valence-corrected chi connectivity index (χ0v) is 20.5. The van der Waals surface area contributed by atoms with E-state index >= 15 is 0 Å². The summed E-state index contributed by atoms with van der Waals surface area (Å²) in [5.41, 5.74) is 4.85. The van der Waals surface area contributed by atoms with Crippen LogP contribution in [-0.4, -0.2) is 25.5 Å². The maximum atomic E-state index is 12.7. The van der Waals surface area contributed by atoms with Gasteiger partial charge in [0.05, 0.1) is 0 Å². The van der Waals surface area contributed by atoms with Crippen LogP contribution in [0.3, 0.4) is 0 Å². The normalized spacial score (nSPS) is 11.7. The Labute approximate surface area is 198 Å². The van der Waals surface area contributed by atoms with Crippen LogP contribution in [-0.2, 0) is 11.8 Å². The highest BCUT2D eigenvalue weighted by molar-refractivity contribution is 7.99.